The van der Waals surface area contributed by atoms with Crippen LogP contribution < -0.4 is 0 Å². The van der Waals surface area contributed by atoms with E-state index >= 15 is 0 Å². The fourth-order valence-electron chi connectivity index (χ4n) is 0.944. The molecule has 0 aromatic carbocycles. The van der Waals surface area contributed by atoms with Crippen LogP contribution in [0.25, 0.3) is 0 Å². The molecule has 1 heterocycles. The Bertz CT molecular complexity index is 208. The molecule has 1 saturated heterocycles. The first kappa shape index (κ1) is 9.18. The third kappa shape index (κ3) is 1.63. The smallest absolute Gasteiger partial charge is 0.410 e. The highest BCUT2D eigenvalue weighted by atomic mass is 32.2. The lowest BCUT2D eigenvalue weighted by atomic mass is 10.3. The van der Waals surface area contributed by atoms with Crippen molar-refractivity contribution in [3.63, 3.8) is 0 Å². The predicted molar refractivity (Wildman–Crippen MR) is 43.0 cm³/mol. The van der Waals surface area contributed by atoms with Gasteiger partial charge in [-0.25, -0.2) is 9.59 Å². The third-order valence-corrected chi connectivity index (χ3v) is 2.59. The Hall–Kier alpha value is -0.910. The first-order valence-corrected chi connectivity index (χ1v) is 4.47. The highest BCUT2D eigenvalue weighted by Crippen LogP contribution is 2.21. The standard InChI is InChI=1S/C6H9NO4S/c1-11-6(10)7-3-12-2-4(7)5(8)9/h4H,2-3H2,1H3,(H,8,9). The van der Waals surface area contributed by atoms with Gasteiger partial charge in [-0.3, -0.25) is 4.90 Å². The average Bonchev–Trinajstić information content (AvgIpc) is 2.50. The van der Waals surface area contributed by atoms with Gasteiger partial charge in [-0.05, 0) is 0 Å². The second kappa shape index (κ2) is 3.66. The number of carboxylic acid groups (broad SMARTS) is 1. The van der Waals surface area contributed by atoms with Crippen molar-refractivity contribution in [2.75, 3.05) is 18.7 Å². The molecule has 1 atom stereocenters. The van der Waals surface area contributed by atoms with Crippen LogP contribution in [0.5, 0.6) is 0 Å². The summed E-state index contributed by atoms with van der Waals surface area (Å²) in [4.78, 5) is 22.7. The summed E-state index contributed by atoms with van der Waals surface area (Å²) in [6, 6.07) is -0.734. The number of carbonyl (C=O) groups excluding carboxylic acids is 1. The number of hydrogen-bond donors (Lipinski definition) is 1. The Morgan fingerprint density at radius 3 is 2.83 bits per heavy atom. The molecule has 1 rings (SSSR count). The highest BCUT2D eigenvalue weighted by molar-refractivity contribution is 7.99. The lowest BCUT2D eigenvalue weighted by molar-refractivity contribution is -0.141. The number of hydrogen-bond acceptors (Lipinski definition) is 4. The predicted octanol–water partition coefficient (Wildman–Crippen LogP) is 0.212. The van der Waals surface area contributed by atoms with Crippen molar-refractivity contribution >= 4 is 23.8 Å². The van der Waals surface area contributed by atoms with Gasteiger partial charge in [0.2, 0.25) is 0 Å². The van der Waals surface area contributed by atoms with Gasteiger partial charge in [-0.2, -0.15) is 0 Å². The first-order chi connectivity index (χ1) is 5.66. The maximum Gasteiger partial charge on any atom is 0.410 e. The minimum atomic E-state index is -0.981. The molecule has 1 N–H and O–H groups in total. The third-order valence-electron chi connectivity index (χ3n) is 1.58. The molecule has 0 aromatic rings. The zero-order valence-electron chi connectivity index (χ0n) is 6.52. The van der Waals surface area contributed by atoms with Crippen LogP contribution in [0.4, 0.5) is 4.79 Å². The molecule has 0 radical (unpaired) electrons. The van der Waals surface area contributed by atoms with Gasteiger partial charge in [-0.15, -0.1) is 11.8 Å². The number of carbonyl (C=O) groups is 2. The number of thioether (sulfide) groups is 1. The van der Waals surface area contributed by atoms with Crippen molar-refractivity contribution < 1.29 is 19.4 Å². The van der Waals surface area contributed by atoms with E-state index in [1.807, 2.05) is 0 Å². The molecule has 68 valence electrons. The Kier molecular flexibility index (Phi) is 2.80. The molecular weight excluding hydrogens is 182 g/mol. The number of aliphatic carboxylic acids is 1. The second-order valence-electron chi connectivity index (χ2n) is 2.29. The van der Waals surface area contributed by atoms with Gasteiger partial charge in [0, 0.05) is 5.75 Å². The van der Waals surface area contributed by atoms with Crippen LogP contribution in [-0.4, -0.2) is 46.9 Å². The summed E-state index contributed by atoms with van der Waals surface area (Å²) in [7, 11) is 1.24. The zero-order chi connectivity index (χ0) is 9.14. The monoisotopic (exact) mass is 191 g/mol. The molecule has 1 amide bonds. The minimum Gasteiger partial charge on any atom is -0.480 e. The number of nitrogens with zero attached hydrogens (tertiary/aromatic N) is 1. The lowest BCUT2D eigenvalue weighted by Gasteiger charge is -2.17. The summed E-state index contributed by atoms with van der Waals surface area (Å²) in [6.45, 7) is 0. The van der Waals surface area contributed by atoms with Gasteiger partial charge in [0.1, 0.15) is 6.04 Å². The van der Waals surface area contributed by atoms with E-state index in [2.05, 4.69) is 4.74 Å². The molecule has 0 spiro atoms. The van der Waals surface area contributed by atoms with Gasteiger partial charge < -0.3 is 9.84 Å². The average molecular weight is 191 g/mol. The van der Waals surface area contributed by atoms with Crippen LogP contribution in [0, 0.1) is 0 Å². The van der Waals surface area contributed by atoms with Crippen LogP contribution in [-0.2, 0) is 9.53 Å². The maximum absolute atomic E-state index is 11.0. The SMILES string of the molecule is COC(=O)N1CSCC1C(=O)O. The van der Waals surface area contributed by atoms with E-state index in [1.165, 1.54) is 23.8 Å². The number of amides is 1. The Labute approximate surface area is 73.7 Å². The summed E-state index contributed by atoms with van der Waals surface area (Å²) < 4.78 is 4.42. The largest absolute Gasteiger partial charge is 0.480 e. The molecule has 0 aromatic heterocycles. The van der Waals surface area contributed by atoms with Crippen LogP contribution in [0.1, 0.15) is 0 Å². The van der Waals surface area contributed by atoms with Gasteiger partial charge in [0.15, 0.2) is 0 Å². The van der Waals surface area contributed by atoms with E-state index in [9.17, 15) is 9.59 Å². The molecule has 1 unspecified atom stereocenters. The number of ether oxygens (including phenoxy) is 1. The lowest BCUT2D eigenvalue weighted by Crippen LogP contribution is -2.41. The van der Waals surface area contributed by atoms with E-state index in [-0.39, 0.29) is 0 Å². The van der Waals surface area contributed by atoms with E-state index in [0.29, 0.717) is 11.6 Å². The molecule has 1 aliphatic rings. The normalized spacial score (nSPS) is 22.4. The molecule has 0 saturated carbocycles. The van der Waals surface area contributed by atoms with Gasteiger partial charge in [-0.1, -0.05) is 0 Å². The summed E-state index contributed by atoms with van der Waals surface area (Å²) >= 11 is 1.41. The summed E-state index contributed by atoms with van der Waals surface area (Å²) in [5.74, 6) is -0.154. The van der Waals surface area contributed by atoms with Gasteiger partial charge >= 0.3 is 12.1 Å². The van der Waals surface area contributed by atoms with Crippen molar-refractivity contribution in [1.29, 1.82) is 0 Å². The van der Waals surface area contributed by atoms with Crippen molar-refractivity contribution in [3.05, 3.63) is 0 Å². The van der Waals surface area contributed by atoms with Crippen molar-refractivity contribution in [2.45, 2.75) is 6.04 Å². The molecular formula is C6H9NO4S. The maximum atomic E-state index is 11.0. The molecule has 12 heavy (non-hydrogen) atoms. The molecule has 0 aliphatic carbocycles. The minimum absolute atomic E-state index is 0.393. The Morgan fingerprint density at radius 2 is 2.33 bits per heavy atom. The van der Waals surface area contributed by atoms with E-state index < -0.39 is 18.1 Å². The Morgan fingerprint density at radius 1 is 1.67 bits per heavy atom. The first-order valence-electron chi connectivity index (χ1n) is 3.32. The molecule has 6 heteroatoms. The summed E-state index contributed by atoms with van der Waals surface area (Å²) in [5.41, 5.74) is 0. The number of rotatable bonds is 1. The van der Waals surface area contributed by atoms with Crippen molar-refractivity contribution in [3.8, 4) is 0 Å². The molecule has 1 aliphatic heterocycles. The molecule has 0 bridgehead atoms. The number of methoxy groups -OCH3 is 1. The summed E-state index contributed by atoms with van der Waals surface area (Å²) in [6.07, 6.45) is -0.576. The van der Waals surface area contributed by atoms with E-state index in [0.717, 1.165) is 0 Å². The Balaban J connectivity index is 2.63. The van der Waals surface area contributed by atoms with E-state index in [1.54, 1.807) is 0 Å². The summed E-state index contributed by atoms with van der Waals surface area (Å²) in [5, 5.41) is 8.67. The van der Waals surface area contributed by atoms with E-state index in [4.69, 9.17) is 5.11 Å². The topological polar surface area (TPSA) is 66.8 Å². The quantitative estimate of drug-likeness (QED) is 0.641. The second-order valence-corrected chi connectivity index (χ2v) is 3.29. The fourth-order valence-corrected chi connectivity index (χ4v) is 2.08. The van der Waals surface area contributed by atoms with Crippen LogP contribution >= 0.6 is 11.8 Å². The fraction of sp³-hybridized carbons (Fsp3) is 0.667. The van der Waals surface area contributed by atoms with Crippen LogP contribution in [0.3, 0.4) is 0 Å². The van der Waals surface area contributed by atoms with Crippen LogP contribution in [0.15, 0.2) is 0 Å². The number of carboxylic acids is 1. The van der Waals surface area contributed by atoms with Gasteiger partial charge in [0.25, 0.3) is 0 Å². The molecule has 5 nitrogen and oxygen atoms in total. The molecule has 1 fully saturated rings. The van der Waals surface area contributed by atoms with Gasteiger partial charge in [0.05, 0.1) is 13.0 Å². The highest BCUT2D eigenvalue weighted by Gasteiger charge is 2.35. The zero-order valence-corrected chi connectivity index (χ0v) is 7.34. The van der Waals surface area contributed by atoms with Crippen LogP contribution in [0.2, 0.25) is 0 Å². The van der Waals surface area contributed by atoms with Crippen molar-refractivity contribution in [1.82, 2.24) is 4.90 Å². The van der Waals surface area contributed by atoms with Crippen molar-refractivity contribution in [2.24, 2.45) is 0 Å².